The number of hydrogen-bond acceptors (Lipinski definition) is 3. The molecule has 0 radical (unpaired) electrons. The number of nitrogens with one attached hydrogen (secondary N) is 2. The first-order valence-electron chi connectivity index (χ1n) is 5.90. The predicted octanol–water partition coefficient (Wildman–Crippen LogP) is 1.46. The Bertz CT molecular complexity index is 590. The molecule has 2 rings (SSSR count). The first-order chi connectivity index (χ1) is 8.74. The Balaban J connectivity index is 2.39. The summed E-state index contributed by atoms with van der Waals surface area (Å²) in [5.41, 5.74) is 2.33. The van der Waals surface area contributed by atoms with E-state index in [2.05, 4.69) is 16.4 Å². The van der Waals surface area contributed by atoms with Crippen molar-refractivity contribution in [3.05, 3.63) is 45.4 Å². The van der Waals surface area contributed by atoms with Gasteiger partial charge in [-0.05, 0) is 31.2 Å². The summed E-state index contributed by atoms with van der Waals surface area (Å²) in [6, 6.07) is 3.65. The molecule has 1 aliphatic rings. The van der Waals surface area contributed by atoms with Crippen molar-refractivity contribution in [2.24, 2.45) is 0 Å². The van der Waals surface area contributed by atoms with E-state index in [0.717, 1.165) is 17.7 Å². The number of rotatable bonds is 3. The Morgan fingerprint density at radius 1 is 1.50 bits per heavy atom. The largest absolute Gasteiger partial charge is 0.322 e. The van der Waals surface area contributed by atoms with Crippen molar-refractivity contribution in [2.45, 2.75) is 18.9 Å². The fourth-order valence-electron chi connectivity index (χ4n) is 1.92. The van der Waals surface area contributed by atoms with Crippen LogP contribution in [0.1, 0.15) is 23.2 Å². The molecule has 0 spiro atoms. The molecule has 1 aromatic heterocycles. The molecule has 1 aromatic rings. The Morgan fingerprint density at radius 3 is 3.00 bits per heavy atom. The fraction of sp³-hybridized carbons (Fsp3) is 0.286. The summed E-state index contributed by atoms with van der Waals surface area (Å²) in [5, 5.41) is 11.8. The first-order valence-corrected chi connectivity index (χ1v) is 5.90. The maximum Gasteiger partial charge on any atom is 0.251 e. The third-order valence-corrected chi connectivity index (χ3v) is 2.96. The average Bonchev–Trinajstić information content (AvgIpc) is 2.60. The van der Waals surface area contributed by atoms with Gasteiger partial charge >= 0.3 is 0 Å². The monoisotopic (exact) mass is 241 g/mol. The van der Waals surface area contributed by atoms with Gasteiger partial charge in [0.2, 0.25) is 0 Å². The number of aromatic nitrogens is 1. The molecule has 92 valence electrons. The quantitative estimate of drug-likeness (QED) is 0.841. The Hall–Kier alpha value is -2.12. The van der Waals surface area contributed by atoms with Gasteiger partial charge < -0.3 is 10.3 Å². The molecule has 0 amide bonds. The highest BCUT2D eigenvalue weighted by Gasteiger charge is 2.11. The molecule has 0 aliphatic heterocycles. The lowest BCUT2D eigenvalue weighted by molar-refractivity contribution is 0.671. The molecule has 0 saturated carbocycles. The number of aromatic amines is 1. The van der Waals surface area contributed by atoms with Crippen LogP contribution in [0.25, 0.3) is 12.2 Å². The lowest BCUT2D eigenvalue weighted by atomic mass is 10.0. The van der Waals surface area contributed by atoms with Gasteiger partial charge in [0.25, 0.3) is 5.56 Å². The zero-order valence-electron chi connectivity index (χ0n) is 10.2. The minimum Gasteiger partial charge on any atom is -0.322 e. The summed E-state index contributed by atoms with van der Waals surface area (Å²) in [6.07, 6.45) is 9.24. The highest BCUT2D eigenvalue weighted by atomic mass is 16.1. The lowest BCUT2D eigenvalue weighted by Gasteiger charge is -2.09. The van der Waals surface area contributed by atoms with Gasteiger partial charge in [-0.15, -0.1) is 0 Å². The summed E-state index contributed by atoms with van der Waals surface area (Å²) >= 11 is 0. The van der Waals surface area contributed by atoms with E-state index in [9.17, 15) is 4.79 Å². The van der Waals surface area contributed by atoms with Crippen molar-refractivity contribution in [1.82, 2.24) is 10.3 Å². The number of pyridine rings is 1. The van der Waals surface area contributed by atoms with Crippen LogP contribution in [0.2, 0.25) is 0 Å². The van der Waals surface area contributed by atoms with Crippen molar-refractivity contribution < 1.29 is 0 Å². The molecule has 4 nitrogen and oxygen atoms in total. The van der Waals surface area contributed by atoms with Crippen LogP contribution in [0, 0.1) is 11.3 Å². The lowest BCUT2D eigenvalue weighted by Crippen LogP contribution is -2.29. The summed E-state index contributed by atoms with van der Waals surface area (Å²) in [6.45, 7) is 0. The van der Waals surface area contributed by atoms with Gasteiger partial charge in [0.1, 0.15) is 0 Å². The second-order valence-electron chi connectivity index (χ2n) is 4.21. The van der Waals surface area contributed by atoms with Gasteiger partial charge in [0, 0.05) is 17.7 Å². The van der Waals surface area contributed by atoms with Gasteiger partial charge in [0.15, 0.2) is 0 Å². The minimum atomic E-state index is -0.338. The smallest absolute Gasteiger partial charge is 0.251 e. The van der Waals surface area contributed by atoms with E-state index in [4.69, 9.17) is 5.26 Å². The molecular weight excluding hydrogens is 226 g/mol. The second kappa shape index (κ2) is 5.48. The summed E-state index contributed by atoms with van der Waals surface area (Å²) < 4.78 is 0. The zero-order chi connectivity index (χ0) is 13.0. The highest BCUT2D eigenvalue weighted by Crippen LogP contribution is 2.15. The van der Waals surface area contributed by atoms with Crippen LogP contribution < -0.4 is 10.9 Å². The number of fused-ring (bicyclic) bond motifs is 1. The predicted molar refractivity (Wildman–Crippen MR) is 71.9 cm³/mol. The second-order valence-corrected chi connectivity index (χ2v) is 4.21. The minimum absolute atomic E-state index is 0.121. The van der Waals surface area contributed by atoms with Gasteiger partial charge in [-0.25, -0.2) is 0 Å². The molecule has 0 bridgehead atoms. The third-order valence-electron chi connectivity index (χ3n) is 2.96. The van der Waals surface area contributed by atoms with Crippen LogP contribution >= 0.6 is 0 Å². The Morgan fingerprint density at radius 2 is 2.28 bits per heavy atom. The van der Waals surface area contributed by atoms with E-state index in [1.165, 1.54) is 0 Å². The SMILES string of the molecule is CN[C@H](C#N)Cc1cc2c([nH]c1=O)C=CCC=C2. The van der Waals surface area contributed by atoms with Gasteiger partial charge in [-0.2, -0.15) is 5.26 Å². The number of hydrogen-bond donors (Lipinski definition) is 2. The molecular formula is C14H15N3O. The molecule has 1 atom stereocenters. The van der Waals surface area contributed by atoms with Gasteiger partial charge in [0.05, 0.1) is 12.1 Å². The average molecular weight is 241 g/mol. The first kappa shape index (κ1) is 12.3. The number of nitrogens with zero attached hydrogens (tertiary/aromatic N) is 1. The normalized spacial score (nSPS) is 14.7. The van der Waals surface area contributed by atoms with E-state index in [-0.39, 0.29) is 11.6 Å². The molecule has 0 aromatic carbocycles. The van der Waals surface area contributed by atoms with E-state index in [1.807, 2.05) is 30.4 Å². The topological polar surface area (TPSA) is 68.7 Å². The number of likely N-dealkylation sites (N-methyl/N-ethyl adjacent to an activating group) is 1. The molecule has 0 fully saturated rings. The van der Waals surface area contributed by atoms with Crippen molar-refractivity contribution in [2.75, 3.05) is 7.05 Å². The molecule has 0 unspecified atom stereocenters. The summed E-state index contributed by atoms with van der Waals surface area (Å²) in [7, 11) is 1.72. The van der Waals surface area contributed by atoms with Gasteiger partial charge in [-0.1, -0.05) is 18.2 Å². The van der Waals surface area contributed by atoms with Crippen LogP contribution in [0.4, 0.5) is 0 Å². The summed E-state index contributed by atoms with van der Waals surface area (Å²) in [5.74, 6) is 0. The van der Waals surface area contributed by atoms with Crippen LogP contribution in [-0.4, -0.2) is 18.1 Å². The van der Waals surface area contributed by atoms with E-state index in [1.54, 1.807) is 7.05 Å². The molecule has 1 heterocycles. The van der Waals surface area contributed by atoms with E-state index in [0.29, 0.717) is 12.0 Å². The van der Waals surface area contributed by atoms with E-state index < -0.39 is 0 Å². The maximum atomic E-state index is 11.9. The Kier molecular flexibility index (Phi) is 3.75. The number of nitriles is 1. The van der Waals surface area contributed by atoms with Crippen molar-refractivity contribution in [3.63, 3.8) is 0 Å². The van der Waals surface area contributed by atoms with Crippen LogP contribution in [-0.2, 0) is 6.42 Å². The molecule has 2 N–H and O–H groups in total. The van der Waals surface area contributed by atoms with E-state index >= 15 is 0 Å². The van der Waals surface area contributed by atoms with Crippen LogP contribution in [0.5, 0.6) is 0 Å². The van der Waals surface area contributed by atoms with Gasteiger partial charge in [-0.3, -0.25) is 4.79 Å². The number of H-pyrrole nitrogens is 1. The van der Waals surface area contributed by atoms with Crippen LogP contribution in [0.15, 0.2) is 23.0 Å². The van der Waals surface area contributed by atoms with Crippen molar-refractivity contribution in [1.29, 1.82) is 5.26 Å². The van der Waals surface area contributed by atoms with Crippen molar-refractivity contribution >= 4 is 12.2 Å². The van der Waals surface area contributed by atoms with Crippen molar-refractivity contribution in [3.8, 4) is 6.07 Å². The zero-order valence-corrected chi connectivity index (χ0v) is 10.2. The maximum absolute atomic E-state index is 11.9. The molecule has 1 aliphatic carbocycles. The number of allylic oxidation sites excluding steroid dienone is 2. The van der Waals surface area contributed by atoms with Crippen LogP contribution in [0.3, 0.4) is 0 Å². The molecule has 18 heavy (non-hydrogen) atoms. The third kappa shape index (κ3) is 2.58. The standard InChI is InChI=1S/C14H15N3O/c1-16-12(9-15)8-11-7-10-5-3-2-4-6-13(10)17-14(11)18/h3-7,12,16H,2,8H2,1H3,(H,17,18)/t12-/m0/s1. The molecule has 0 saturated heterocycles. The highest BCUT2D eigenvalue weighted by molar-refractivity contribution is 5.65. The Labute approximate surface area is 106 Å². The molecule has 4 heteroatoms. The summed E-state index contributed by atoms with van der Waals surface area (Å²) in [4.78, 5) is 14.8. The fourth-order valence-corrected chi connectivity index (χ4v) is 1.92.